The van der Waals surface area contributed by atoms with Crippen LogP contribution in [0.25, 0.3) is 22.6 Å². The SMILES string of the molecule is Cc1c(-c2cccc(O)c2)noc1-c1ccc(O)cc1. The molecule has 1 aromatic heterocycles. The molecule has 2 N–H and O–H groups in total. The fourth-order valence-electron chi connectivity index (χ4n) is 2.14. The number of rotatable bonds is 2. The van der Waals surface area contributed by atoms with Crippen molar-refractivity contribution in [1.82, 2.24) is 5.16 Å². The van der Waals surface area contributed by atoms with E-state index in [1.807, 2.05) is 13.0 Å². The molecule has 100 valence electrons. The van der Waals surface area contributed by atoms with Gasteiger partial charge in [0.05, 0.1) is 0 Å². The lowest BCUT2D eigenvalue weighted by atomic mass is 10.0. The number of benzene rings is 2. The van der Waals surface area contributed by atoms with Crippen molar-refractivity contribution in [3.05, 3.63) is 54.1 Å². The Labute approximate surface area is 115 Å². The summed E-state index contributed by atoms with van der Waals surface area (Å²) in [5.41, 5.74) is 3.24. The molecule has 0 fully saturated rings. The molecule has 0 unspecified atom stereocenters. The van der Waals surface area contributed by atoms with Crippen LogP contribution in [0.5, 0.6) is 11.5 Å². The molecule has 0 amide bonds. The van der Waals surface area contributed by atoms with Crippen LogP contribution < -0.4 is 0 Å². The second-order valence-electron chi connectivity index (χ2n) is 4.58. The van der Waals surface area contributed by atoms with Gasteiger partial charge in [0.25, 0.3) is 0 Å². The number of hydrogen-bond acceptors (Lipinski definition) is 4. The largest absolute Gasteiger partial charge is 0.508 e. The lowest BCUT2D eigenvalue weighted by Crippen LogP contribution is -1.82. The number of hydrogen-bond donors (Lipinski definition) is 2. The van der Waals surface area contributed by atoms with E-state index in [1.54, 1.807) is 42.5 Å². The number of nitrogens with zero attached hydrogens (tertiary/aromatic N) is 1. The summed E-state index contributed by atoms with van der Waals surface area (Å²) in [5.74, 6) is 1.05. The standard InChI is InChI=1S/C16H13NO3/c1-10-15(12-3-2-4-14(19)9-12)17-20-16(10)11-5-7-13(18)8-6-11/h2-9,18-19H,1H3. The normalized spacial score (nSPS) is 10.7. The van der Waals surface area contributed by atoms with Gasteiger partial charge in [-0.3, -0.25) is 0 Å². The first kappa shape index (κ1) is 12.3. The third-order valence-corrected chi connectivity index (χ3v) is 3.17. The maximum absolute atomic E-state index is 9.53. The van der Waals surface area contributed by atoms with E-state index < -0.39 is 0 Å². The summed E-state index contributed by atoms with van der Waals surface area (Å²) < 4.78 is 5.40. The van der Waals surface area contributed by atoms with E-state index in [1.165, 1.54) is 0 Å². The van der Waals surface area contributed by atoms with Gasteiger partial charge in [-0.2, -0.15) is 0 Å². The number of phenols is 2. The summed E-state index contributed by atoms with van der Waals surface area (Å²) in [7, 11) is 0. The Morgan fingerprint density at radius 3 is 2.35 bits per heavy atom. The molecule has 20 heavy (non-hydrogen) atoms. The highest BCUT2D eigenvalue weighted by atomic mass is 16.5. The Balaban J connectivity index is 2.07. The van der Waals surface area contributed by atoms with Crippen molar-refractivity contribution in [2.75, 3.05) is 0 Å². The molecule has 4 nitrogen and oxygen atoms in total. The summed E-state index contributed by atoms with van der Waals surface area (Å²) in [6.07, 6.45) is 0. The van der Waals surface area contributed by atoms with Crippen LogP contribution in [-0.2, 0) is 0 Å². The van der Waals surface area contributed by atoms with Crippen molar-refractivity contribution in [3.8, 4) is 34.1 Å². The summed E-state index contributed by atoms with van der Waals surface area (Å²) in [6, 6.07) is 13.6. The molecular weight excluding hydrogens is 254 g/mol. The average Bonchev–Trinajstić information content (AvgIpc) is 2.82. The Morgan fingerprint density at radius 2 is 1.65 bits per heavy atom. The molecular formula is C16H13NO3. The minimum Gasteiger partial charge on any atom is -0.508 e. The van der Waals surface area contributed by atoms with Crippen molar-refractivity contribution >= 4 is 0 Å². The molecule has 0 saturated carbocycles. The molecule has 0 aliphatic heterocycles. The number of aromatic hydroxyl groups is 2. The number of phenolic OH excluding ortho intramolecular Hbond substituents is 2. The fourth-order valence-corrected chi connectivity index (χ4v) is 2.14. The maximum atomic E-state index is 9.53. The molecule has 4 heteroatoms. The minimum absolute atomic E-state index is 0.191. The molecule has 1 heterocycles. The van der Waals surface area contributed by atoms with Gasteiger partial charge < -0.3 is 14.7 Å². The first-order valence-corrected chi connectivity index (χ1v) is 6.20. The molecule has 0 saturated heterocycles. The highest BCUT2D eigenvalue weighted by molar-refractivity contribution is 5.72. The molecule has 0 spiro atoms. The van der Waals surface area contributed by atoms with Gasteiger partial charge in [-0.1, -0.05) is 17.3 Å². The molecule has 0 aliphatic rings. The lowest BCUT2D eigenvalue weighted by Gasteiger charge is -2.00. The van der Waals surface area contributed by atoms with Crippen LogP contribution in [0.3, 0.4) is 0 Å². The smallest absolute Gasteiger partial charge is 0.170 e. The zero-order chi connectivity index (χ0) is 14.1. The Hall–Kier alpha value is -2.75. The van der Waals surface area contributed by atoms with Crippen molar-refractivity contribution < 1.29 is 14.7 Å². The summed E-state index contributed by atoms with van der Waals surface area (Å²) in [5, 5.41) is 22.9. The van der Waals surface area contributed by atoms with Gasteiger partial charge in [0, 0.05) is 16.7 Å². The van der Waals surface area contributed by atoms with E-state index in [-0.39, 0.29) is 11.5 Å². The third kappa shape index (κ3) is 2.12. The van der Waals surface area contributed by atoms with Gasteiger partial charge in [-0.05, 0) is 43.3 Å². The predicted molar refractivity (Wildman–Crippen MR) is 75.4 cm³/mol. The van der Waals surface area contributed by atoms with Crippen molar-refractivity contribution in [3.63, 3.8) is 0 Å². The lowest BCUT2D eigenvalue weighted by molar-refractivity contribution is 0.434. The van der Waals surface area contributed by atoms with Gasteiger partial charge >= 0.3 is 0 Å². The monoisotopic (exact) mass is 267 g/mol. The topological polar surface area (TPSA) is 66.5 Å². The van der Waals surface area contributed by atoms with E-state index in [4.69, 9.17) is 4.52 Å². The summed E-state index contributed by atoms with van der Waals surface area (Å²) >= 11 is 0. The van der Waals surface area contributed by atoms with Crippen molar-refractivity contribution in [2.24, 2.45) is 0 Å². The first-order chi connectivity index (χ1) is 9.65. The quantitative estimate of drug-likeness (QED) is 0.742. The predicted octanol–water partition coefficient (Wildman–Crippen LogP) is 3.73. The van der Waals surface area contributed by atoms with Crippen LogP contribution in [0, 0.1) is 6.92 Å². The molecule has 0 radical (unpaired) electrons. The van der Waals surface area contributed by atoms with Gasteiger partial charge in [0.15, 0.2) is 5.76 Å². The van der Waals surface area contributed by atoms with Crippen LogP contribution in [-0.4, -0.2) is 15.4 Å². The molecule has 3 aromatic rings. The molecule has 0 atom stereocenters. The van der Waals surface area contributed by atoms with Gasteiger partial charge in [-0.15, -0.1) is 0 Å². The van der Waals surface area contributed by atoms with E-state index in [0.29, 0.717) is 11.5 Å². The summed E-state index contributed by atoms with van der Waals surface area (Å²) in [4.78, 5) is 0. The Kier molecular flexibility index (Phi) is 2.91. The van der Waals surface area contributed by atoms with Crippen LogP contribution in [0.2, 0.25) is 0 Å². The highest BCUT2D eigenvalue weighted by Crippen LogP contribution is 2.33. The van der Waals surface area contributed by atoms with Gasteiger partial charge in [-0.25, -0.2) is 0 Å². The fraction of sp³-hybridized carbons (Fsp3) is 0.0625. The average molecular weight is 267 g/mol. The Morgan fingerprint density at radius 1 is 0.900 bits per heavy atom. The van der Waals surface area contributed by atoms with Crippen LogP contribution in [0.1, 0.15) is 5.56 Å². The number of aromatic nitrogens is 1. The van der Waals surface area contributed by atoms with E-state index in [0.717, 1.165) is 16.7 Å². The first-order valence-electron chi connectivity index (χ1n) is 6.20. The van der Waals surface area contributed by atoms with Crippen LogP contribution in [0.4, 0.5) is 0 Å². The van der Waals surface area contributed by atoms with E-state index in [2.05, 4.69) is 5.16 Å². The van der Waals surface area contributed by atoms with Crippen LogP contribution in [0.15, 0.2) is 53.1 Å². The second-order valence-corrected chi connectivity index (χ2v) is 4.58. The highest BCUT2D eigenvalue weighted by Gasteiger charge is 2.15. The third-order valence-electron chi connectivity index (χ3n) is 3.17. The van der Waals surface area contributed by atoms with Crippen molar-refractivity contribution in [2.45, 2.75) is 6.92 Å². The Bertz CT molecular complexity index is 745. The molecule has 2 aromatic carbocycles. The zero-order valence-electron chi connectivity index (χ0n) is 10.9. The molecule has 0 bridgehead atoms. The van der Waals surface area contributed by atoms with Gasteiger partial charge in [0.1, 0.15) is 17.2 Å². The minimum atomic E-state index is 0.191. The van der Waals surface area contributed by atoms with Crippen LogP contribution >= 0.6 is 0 Å². The van der Waals surface area contributed by atoms with Gasteiger partial charge in [0.2, 0.25) is 0 Å². The molecule has 0 aliphatic carbocycles. The second kappa shape index (κ2) is 4.74. The van der Waals surface area contributed by atoms with E-state index in [9.17, 15) is 10.2 Å². The maximum Gasteiger partial charge on any atom is 0.170 e. The molecule has 3 rings (SSSR count). The van der Waals surface area contributed by atoms with Crippen molar-refractivity contribution in [1.29, 1.82) is 0 Å². The zero-order valence-corrected chi connectivity index (χ0v) is 10.9. The van der Waals surface area contributed by atoms with E-state index >= 15 is 0 Å². The summed E-state index contributed by atoms with van der Waals surface area (Å²) in [6.45, 7) is 1.91.